The summed E-state index contributed by atoms with van der Waals surface area (Å²) < 4.78 is 40.7. The SMILES string of the molecule is CCCCCNC(=NC)NCc1ccc(OCC(F)(F)F)nc1.I. The molecule has 1 aromatic heterocycles. The van der Waals surface area contributed by atoms with Crippen molar-refractivity contribution >= 4 is 29.9 Å². The molecule has 9 heteroatoms. The zero-order valence-electron chi connectivity index (χ0n) is 13.8. The topological polar surface area (TPSA) is 58.5 Å². The van der Waals surface area contributed by atoms with E-state index in [-0.39, 0.29) is 29.9 Å². The monoisotopic (exact) mass is 460 g/mol. The van der Waals surface area contributed by atoms with Gasteiger partial charge in [-0.2, -0.15) is 13.2 Å². The number of rotatable bonds is 8. The van der Waals surface area contributed by atoms with E-state index in [9.17, 15) is 13.2 Å². The maximum absolute atomic E-state index is 12.0. The van der Waals surface area contributed by atoms with E-state index in [4.69, 9.17) is 0 Å². The Balaban J connectivity index is 0.00000529. The number of hydrogen-bond acceptors (Lipinski definition) is 3. The second-order valence-electron chi connectivity index (χ2n) is 4.97. The van der Waals surface area contributed by atoms with Crippen LogP contribution in [0.2, 0.25) is 0 Å². The average Bonchev–Trinajstić information content (AvgIpc) is 2.52. The molecular weight excluding hydrogens is 436 g/mol. The summed E-state index contributed by atoms with van der Waals surface area (Å²) >= 11 is 0. The van der Waals surface area contributed by atoms with Crippen molar-refractivity contribution in [2.75, 3.05) is 20.2 Å². The number of hydrogen-bond donors (Lipinski definition) is 2. The van der Waals surface area contributed by atoms with Crippen molar-refractivity contribution in [3.8, 4) is 5.88 Å². The number of pyridine rings is 1. The summed E-state index contributed by atoms with van der Waals surface area (Å²) in [7, 11) is 1.68. The highest BCUT2D eigenvalue weighted by atomic mass is 127. The predicted octanol–water partition coefficient (Wildman–Crippen LogP) is 3.50. The highest BCUT2D eigenvalue weighted by Crippen LogP contribution is 2.16. The van der Waals surface area contributed by atoms with Gasteiger partial charge in [0.05, 0.1) is 0 Å². The molecule has 138 valence electrons. The molecule has 0 saturated heterocycles. The van der Waals surface area contributed by atoms with Crippen LogP contribution in [-0.4, -0.2) is 37.3 Å². The fourth-order valence-corrected chi connectivity index (χ4v) is 1.74. The van der Waals surface area contributed by atoms with Crippen LogP contribution in [0.15, 0.2) is 23.3 Å². The van der Waals surface area contributed by atoms with Crippen LogP contribution in [0.1, 0.15) is 31.7 Å². The highest BCUT2D eigenvalue weighted by molar-refractivity contribution is 14.0. The predicted molar refractivity (Wildman–Crippen MR) is 98.9 cm³/mol. The van der Waals surface area contributed by atoms with Crippen LogP contribution in [-0.2, 0) is 6.54 Å². The van der Waals surface area contributed by atoms with Gasteiger partial charge in [-0.1, -0.05) is 25.8 Å². The molecule has 0 amide bonds. The van der Waals surface area contributed by atoms with Crippen molar-refractivity contribution < 1.29 is 17.9 Å². The third-order valence-electron chi connectivity index (χ3n) is 2.94. The van der Waals surface area contributed by atoms with E-state index in [1.807, 2.05) is 0 Å². The number of ether oxygens (including phenoxy) is 1. The van der Waals surface area contributed by atoms with E-state index in [2.05, 4.69) is 32.3 Å². The number of nitrogens with zero attached hydrogens (tertiary/aromatic N) is 2. The summed E-state index contributed by atoms with van der Waals surface area (Å²) in [5.41, 5.74) is 0.820. The maximum Gasteiger partial charge on any atom is 0.422 e. The highest BCUT2D eigenvalue weighted by Gasteiger charge is 2.28. The second kappa shape index (κ2) is 12.2. The molecule has 0 radical (unpaired) electrons. The molecule has 0 aliphatic rings. The Labute approximate surface area is 157 Å². The molecule has 0 atom stereocenters. The number of guanidine groups is 1. The van der Waals surface area contributed by atoms with Gasteiger partial charge in [0.25, 0.3) is 0 Å². The zero-order valence-corrected chi connectivity index (χ0v) is 16.1. The van der Waals surface area contributed by atoms with Crippen molar-refractivity contribution in [3.05, 3.63) is 23.9 Å². The molecule has 0 aromatic carbocycles. The first-order chi connectivity index (χ1) is 10.9. The zero-order chi connectivity index (χ0) is 17.1. The Kier molecular flexibility index (Phi) is 11.5. The lowest BCUT2D eigenvalue weighted by Gasteiger charge is -2.12. The van der Waals surface area contributed by atoms with Crippen LogP contribution in [0, 0.1) is 0 Å². The van der Waals surface area contributed by atoms with Gasteiger partial charge in [0.1, 0.15) is 0 Å². The van der Waals surface area contributed by atoms with E-state index in [1.165, 1.54) is 12.3 Å². The molecule has 5 nitrogen and oxygen atoms in total. The second-order valence-corrected chi connectivity index (χ2v) is 4.97. The molecule has 1 heterocycles. The van der Waals surface area contributed by atoms with E-state index >= 15 is 0 Å². The summed E-state index contributed by atoms with van der Waals surface area (Å²) in [5.74, 6) is 0.631. The average molecular weight is 460 g/mol. The number of aliphatic imine (C=N–C) groups is 1. The molecule has 1 aromatic rings. The Morgan fingerprint density at radius 3 is 2.54 bits per heavy atom. The van der Waals surface area contributed by atoms with E-state index in [0.29, 0.717) is 12.5 Å². The molecule has 0 aliphatic carbocycles. The van der Waals surface area contributed by atoms with Gasteiger partial charge in [-0.15, -0.1) is 24.0 Å². The number of aromatic nitrogens is 1. The van der Waals surface area contributed by atoms with E-state index < -0.39 is 12.8 Å². The molecule has 24 heavy (non-hydrogen) atoms. The minimum Gasteiger partial charge on any atom is -0.468 e. The normalized spacial score (nSPS) is 11.6. The summed E-state index contributed by atoms with van der Waals surface area (Å²) in [6.45, 7) is 2.12. The first kappa shape index (κ1) is 22.7. The number of alkyl halides is 3. The summed E-state index contributed by atoms with van der Waals surface area (Å²) in [4.78, 5) is 7.95. The summed E-state index contributed by atoms with van der Waals surface area (Å²) in [6, 6.07) is 3.08. The Morgan fingerprint density at radius 1 is 1.25 bits per heavy atom. The standard InChI is InChI=1S/C15H23F3N4O.HI/c1-3-4-5-8-20-14(19-2)22-10-12-6-7-13(21-9-12)23-11-15(16,17)18;/h6-7,9H,3-5,8,10-11H2,1-2H3,(H2,19,20,22);1H. The largest absolute Gasteiger partial charge is 0.468 e. The third-order valence-corrected chi connectivity index (χ3v) is 2.94. The van der Waals surface area contributed by atoms with E-state index in [0.717, 1.165) is 31.4 Å². The first-order valence-corrected chi connectivity index (χ1v) is 7.53. The van der Waals surface area contributed by atoms with Crippen LogP contribution in [0.5, 0.6) is 5.88 Å². The summed E-state index contributed by atoms with van der Waals surface area (Å²) in [6.07, 6.45) is 0.500. The van der Waals surface area contributed by atoms with Crippen LogP contribution >= 0.6 is 24.0 Å². The molecule has 0 aliphatic heterocycles. The molecule has 0 unspecified atom stereocenters. The first-order valence-electron chi connectivity index (χ1n) is 7.53. The fourth-order valence-electron chi connectivity index (χ4n) is 1.74. The Morgan fingerprint density at radius 2 is 2.00 bits per heavy atom. The van der Waals surface area contributed by atoms with Crippen molar-refractivity contribution in [3.63, 3.8) is 0 Å². The smallest absolute Gasteiger partial charge is 0.422 e. The van der Waals surface area contributed by atoms with Crippen LogP contribution in [0.3, 0.4) is 0 Å². The quantitative estimate of drug-likeness (QED) is 0.270. The molecule has 2 N–H and O–H groups in total. The molecule has 0 fully saturated rings. The van der Waals surface area contributed by atoms with Crippen molar-refractivity contribution in [2.24, 2.45) is 4.99 Å². The minimum atomic E-state index is -4.36. The van der Waals surface area contributed by atoms with Gasteiger partial charge in [-0.05, 0) is 12.0 Å². The van der Waals surface area contributed by atoms with Crippen LogP contribution in [0.4, 0.5) is 13.2 Å². The Bertz CT molecular complexity index is 481. The van der Waals surface area contributed by atoms with Crippen LogP contribution < -0.4 is 15.4 Å². The van der Waals surface area contributed by atoms with Crippen molar-refractivity contribution in [1.29, 1.82) is 0 Å². The number of unbranched alkanes of at least 4 members (excludes halogenated alkanes) is 2. The lowest BCUT2D eigenvalue weighted by Crippen LogP contribution is -2.37. The third kappa shape index (κ3) is 10.5. The molecule has 0 saturated carbocycles. The van der Waals surface area contributed by atoms with Crippen molar-refractivity contribution in [2.45, 2.75) is 38.9 Å². The van der Waals surface area contributed by atoms with Gasteiger partial charge in [0, 0.05) is 32.4 Å². The van der Waals surface area contributed by atoms with E-state index in [1.54, 1.807) is 13.1 Å². The summed E-state index contributed by atoms with van der Waals surface area (Å²) in [5, 5.41) is 6.31. The lowest BCUT2D eigenvalue weighted by molar-refractivity contribution is -0.154. The van der Waals surface area contributed by atoms with Gasteiger partial charge >= 0.3 is 6.18 Å². The maximum atomic E-state index is 12.0. The fraction of sp³-hybridized carbons (Fsp3) is 0.600. The number of halogens is 4. The minimum absolute atomic E-state index is 0. The Hall–Kier alpha value is -1.26. The molecule has 0 spiro atoms. The molecular formula is C15H24F3IN4O. The van der Waals surface area contributed by atoms with Gasteiger partial charge in [-0.25, -0.2) is 4.98 Å². The van der Waals surface area contributed by atoms with Gasteiger partial charge in [0.15, 0.2) is 12.6 Å². The lowest BCUT2D eigenvalue weighted by atomic mass is 10.2. The van der Waals surface area contributed by atoms with Gasteiger partial charge in [-0.3, -0.25) is 4.99 Å². The van der Waals surface area contributed by atoms with Crippen LogP contribution in [0.25, 0.3) is 0 Å². The number of nitrogens with one attached hydrogen (secondary N) is 2. The van der Waals surface area contributed by atoms with Gasteiger partial charge in [0.2, 0.25) is 5.88 Å². The molecule has 1 rings (SSSR count). The van der Waals surface area contributed by atoms with Crippen molar-refractivity contribution in [1.82, 2.24) is 15.6 Å². The molecule has 0 bridgehead atoms. The van der Waals surface area contributed by atoms with Gasteiger partial charge < -0.3 is 15.4 Å².